The molecule has 0 spiro atoms. The molecule has 1 atom stereocenters. The van der Waals surface area contributed by atoms with Crippen molar-refractivity contribution in [1.82, 2.24) is 9.88 Å². The van der Waals surface area contributed by atoms with Gasteiger partial charge >= 0.3 is 0 Å². The summed E-state index contributed by atoms with van der Waals surface area (Å²) in [6.45, 7) is 7.28. The zero-order valence-electron chi connectivity index (χ0n) is 11.8. The summed E-state index contributed by atoms with van der Waals surface area (Å²) in [6.07, 6.45) is 7.88. The first-order valence-electron chi connectivity index (χ1n) is 6.64. The first-order chi connectivity index (χ1) is 9.15. The Morgan fingerprint density at radius 1 is 1.47 bits per heavy atom. The smallest absolute Gasteiger partial charge is 0.272 e. The molecule has 1 aromatic heterocycles. The molecular formula is C15H21N3O. The standard InChI is InChI=1S/C15H21N3O/c1-5-12(6-2)17-13-9-10-16-14(11-13)15(19)18(7-3)8-4/h1,9-12H,6-8H2,2-4H3,(H,16,17). The van der Waals surface area contributed by atoms with Crippen LogP contribution < -0.4 is 5.32 Å². The molecule has 1 N–H and O–H groups in total. The van der Waals surface area contributed by atoms with Crippen LogP contribution in [0.15, 0.2) is 18.3 Å². The topological polar surface area (TPSA) is 45.2 Å². The summed E-state index contributed by atoms with van der Waals surface area (Å²) in [5.41, 5.74) is 1.27. The van der Waals surface area contributed by atoms with Crippen molar-refractivity contribution in [3.8, 4) is 12.3 Å². The van der Waals surface area contributed by atoms with E-state index >= 15 is 0 Å². The molecule has 4 heteroatoms. The Hall–Kier alpha value is -2.02. The highest BCUT2D eigenvalue weighted by Gasteiger charge is 2.14. The zero-order valence-corrected chi connectivity index (χ0v) is 11.8. The highest BCUT2D eigenvalue weighted by molar-refractivity contribution is 5.93. The molecule has 1 aromatic rings. The van der Waals surface area contributed by atoms with Crippen molar-refractivity contribution in [1.29, 1.82) is 0 Å². The maximum Gasteiger partial charge on any atom is 0.272 e. The molecule has 1 amide bonds. The summed E-state index contributed by atoms with van der Waals surface area (Å²) in [4.78, 5) is 18.1. The van der Waals surface area contributed by atoms with Crippen LogP contribution in [0, 0.1) is 12.3 Å². The summed E-state index contributed by atoms with van der Waals surface area (Å²) in [5, 5.41) is 3.20. The van der Waals surface area contributed by atoms with Crippen LogP contribution in [-0.2, 0) is 0 Å². The minimum absolute atomic E-state index is 0.0289. The number of carbonyl (C=O) groups is 1. The van der Waals surface area contributed by atoms with Gasteiger partial charge in [-0.05, 0) is 32.4 Å². The van der Waals surface area contributed by atoms with Gasteiger partial charge in [-0.25, -0.2) is 0 Å². The van der Waals surface area contributed by atoms with E-state index in [9.17, 15) is 4.79 Å². The molecule has 4 nitrogen and oxygen atoms in total. The van der Waals surface area contributed by atoms with E-state index in [2.05, 4.69) is 16.2 Å². The summed E-state index contributed by atoms with van der Waals surface area (Å²) in [5.74, 6) is 2.61. The first-order valence-corrected chi connectivity index (χ1v) is 6.64. The molecular weight excluding hydrogens is 238 g/mol. The lowest BCUT2D eigenvalue weighted by Crippen LogP contribution is -2.31. The van der Waals surface area contributed by atoms with Gasteiger partial charge in [0.15, 0.2) is 0 Å². The summed E-state index contributed by atoms with van der Waals surface area (Å²) < 4.78 is 0. The van der Waals surface area contributed by atoms with E-state index in [4.69, 9.17) is 6.42 Å². The second-order valence-electron chi connectivity index (χ2n) is 4.18. The fourth-order valence-electron chi connectivity index (χ4n) is 1.77. The molecule has 0 fully saturated rings. The summed E-state index contributed by atoms with van der Waals surface area (Å²) in [7, 11) is 0. The van der Waals surface area contributed by atoms with Gasteiger partial charge in [0.25, 0.3) is 5.91 Å². The fourth-order valence-corrected chi connectivity index (χ4v) is 1.77. The van der Waals surface area contributed by atoms with Crippen molar-refractivity contribution < 1.29 is 4.79 Å². The van der Waals surface area contributed by atoms with E-state index < -0.39 is 0 Å². The minimum Gasteiger partial charge on any atom is -0.371 e. The third-order valence-electron chi connectivity index (χ3n) is 2.98. The molecule has 1 rings (SSSR count). The number of nitrogens with zero attached hydrogens (tertiary/aromatic N) is 2. The number of aromatic nitrogens is 1. The van der Waals surface area contributed by atoms with E-state index in [0.29, 0.717) is 18.8 Å². The molecule has 0 aromatic carbocycles. The predicted molar refractivity (Wildman–Crippen MR) is 78.0 cm³/mol. The van der Waals surface area contributed by atoms with E-state index in [-0.39, 0.29) is 11.9 Å². The number of pyridine rings is 1. The Kier molecular flexibility index (Phi) is 5.87. The lowest BCUT2D eigenvalue weighted by Gasteiger charge is -2.18. The van der Waals surface area contributed by atoms with Crippen molar-refractivity contribution in [2.45, 2.75) is 33.2 Å². The molecule has 19 heavy (non-hydrogen) atoms. The third kappa shape index (κ3) is 3.99. The number of anilines is 1. The Bertz CT molecular complexity index is 461. The molecule has 0 aliphatic carbocycles. The largest absolute Gasteiger partial charge is 0.371 e. The quantitative estimate of drug-likeness (QED) is 0.798. The normalized spacial score (nSPS) is 11.5. The van der Waals surface area contributed by atoms with Crippen molar-refractivity contribution in [3.05, 3.63) is 24.0 Å². The number of amides is 1. The van der Waals surface area contributed by atoms with Gasteiger partial charge in [-0.1, -0.05) is 12.8 Å². The van der Waals surface area contributed by atoms with Gasteiger partial charge < -0.3 is 10.2 Å². The van der Waals surface area contributed by atoms with Crippen LogP contribution in [0.1, 0.15) is 37.7 Å². The highest BCUT2D eigenvalue weighted by Crippen LogP contribution is 2.12. The van der Waals surface area contributed by atoms with E-state index in [1.54, 1.807) is 17.2 Å². The van der Waals surface area contributed by atoms with Gasteiger partial charge in [0.2, 0.25) is 0 Å². The van der Waals surface area contributed by atoms with E-state index in [1.807, 2.05) is 26.8 Å². The number of rotatable bonds is 6. The Balaban J connectivity index is 2.88. The fraction of sp³-hybridized carbons (Fsp3) is 0.467. The average Bonchev–Trinajstić information content (AvgIpc) is 2.46. The van der Waals surface area contributed by atoms with Crippen LogP contribution in [0.5, 0.6) is 0 Å². The molecule has 1 unspecified atom stereocenters. The minimum atomic E-state index is -0.0533. The van der Waals surface area contributed by atoms with Gasteiger partial charge in [0.05, 0.1) is 6.04 Å². The van der Waals surface area contributed by atoms with Gasteiger partial charge in [0, 0.05) is 25.0 Å². The summed E-state index contributed by atoms with van der Waals surface area (Å²) in [6, 6.07) is 3.54. The van der Waals surface area contributed by atoms with Crippen LogP contribution in [0.2, 0.25) is 0 Å². The van der Waals surface area contributed by atoms with Gasteiger partial charge in [0.1, 0.15) is 5.69 Å². The van der Waals surface area contributed by atoms with Crippen LogP contribution in [0.3, 0.4) is 0 Å². The van der Waals surface area contributed by atoms with Crippen molar-refractivity contribution in [2.75, 3.05) is 18.4 Å². The number of hydrogen-bond donors (Lipinski definition) is 1. The number of nitrogens with one attached hydrogen (secondary N) is 1. The van der Waals surface area contributed by atoms with Crippen LogP contribution in [0.4, 0.5) is 5.69 Å². The molecule has 0 aliphatic rings. The molecule has 0 saturated carbocycles. The molecule has 1 heterocycles. The highest BCUT2D eigenvalue weighted by atomic mass is 16.2. The second kappa shape index (κ2) is 7.42. The Labute approximate surface area is 115 Å². The second-order valence-corrected chi connectivity index (χ2v) is 4.18. The molecule has 0 bridgehead atoms. The SMILES string of the molecule is C#CC(CC)Nc1ccnc(C(=O)N(CC)CC)c1. The maximum atomic E-state index is 12.2. The number of terminal acetylenes is 1. The first kappa shape index (κ1) is 15.0. The lowest BCUT2D eigenvalue weighted by molar-refractivity contribution is 0.0767. The molecule has 0 radical (unpaired) electrons. The van der Waals surface area contributed by atoms with E-state index in [1.165, 1.54) is 0 Å². The molecule has 102 valence electrons. The lowest BCUT2D eigenvalue weighted by atomic mass is 10.2. The van der Waals surface area contributed by atoms with Gasteiger partial charge in [-0.2, -0.15) is 0 Å². The molecule has 0 aliphatic heterocycles. The third-order valence-corrected chi connectivity index (χ3v) is 2.98. The van der Waals surface area contributed by atoms with Crippen LogP contribution >= 0.6 is 0 Å². The Morgan fingerprint density at radius 2 is 2.16 bits per heavy atom. The zero-order chi connectivity index (χ0) is 14.3. The van der Waals surface area contributed by atoms with Crippen molar-refractivity contribution >= 4 is 11.6 Å². The van der Waals surface area contributed by atoms with Gasteiger partial charge in [-0.3, -0.25) is 9.78 Å². The van der Waals surface area contributed by atoms with E-state index in [0.717, 1.165) is 12.1 Å². The maximum absolute atomic E-state index is 12.2. The monoisotopic (exact) mass is 259 g/mol. The Morgan fingerprint density at radius 3 is 2.68 bits per heavy atom. The van der Waals surface area contributed by atoms with Crippen LogP contribution in [-0.4, -0.2) is 34.9 Å². The number of carbonyl (C=O) groups excluding carboxylic acids is 1. The predicted octanol–water partition coefficient (Wildman–Crippen LogP) is 2.39. The number of hydrogen-bond acceptors (Lipinski definition) is 3. The average molecular weight is 259 g/mol. The van der Waals surface area contributed by atoms with Crippen molar-refractivity contribution in [2.24, 2.45) is 0 Å². The molecule has 0 saturated heterocycles. The summed E-state index contributed by atoms with van der Waals surface area (Å²) >= 11 is 0. The van der Waals surface area contributed by atoms with Crippen molar-refractivity contribution in [3.63, 3.8) is 0 Å². The van der Waals surface area contributed by atoms with Crippen LogP contribution in [0.25, 0.3) is 0 Å². The van der Waals surface area contributed by atoms with Gasteiger partial charge in [-0.15, -0.1) is 6.42 Å².